The predicted molar refractivity (Wildman–Crippen MR) is 140 cm³/mol. The molecule has 4 aliphatic rings. The zero-order valence-electron chi connectivity index (χ0n) is 22.6. The van der Waals surface area contributed by atoms with Gasteiger partial charge < -0.3 is 19.1 Å². The number of ether oxygens (including phenoxy) is 1. The Morgan fingerprint density at radius 1 is 1.11 bits per heavy atom. The molecule has 0 radical (unpaired) electrons. The van der Waals surface area contributed by atoms with Gasteiger partial charge in [0, 0.05) is 69.3 Å². The molecule has 8 nitrogen and oxygen atoms in total. The molecule has 1 aromatic heterocycles. The summed E-state index contributed by atoms with van der Waals surface area (Å²) in [6, 6.07) is 8.36. The number of rotatable bonds is 4. The number of piperidine rings is 1. The summed E-state index contributed by atoms with van der Waals surface area (Å²) in [6.45, 7) is 7.25. The SMILES string of the molecule is COC(=O)N1CCc2c(nc(C)n2C2C[C@@H]3CC[C@@H](C2)N3C[C@H]2CN(C(C)=O)C[C@@H]2c2cccc(F)c2)C1. The van der Waals surface area contributed by atoms with Gasteiger partial charge in [0.15, 0.2) is 0 Å². The van der Waals surface area contributed by atoms with Gasteiger partial charge in [-0.3, -0.25) is 9.69 Å². The van der Waals surface area contributed by atoms with Crippen molar-refractivity contribution in [1.29, 1.82) is 0 Å². The highest BCUT2D eigenvalue weighted by molar-refractivity contribution is 5.73. The number of benzene rings is 1. The molecular formula is C29H38FN5O3. The van der Waals surface area contributed by atoms with Crippen molar-refractivity contribution in [2.75, 3.05) is 33.3 Å². The number of carbonyl (C=O) groups excluding carboxylic acids is 2. The minimum absolute atomic E-state index is 0.0988. The first-order valence-corrected chi connectivity index (χ1v) is 14.0. The second-order valence-corrected chi connectivity index (χ2v) is 11.6. The summed E-state index contributed by atoms with van der Waals surface area (Å²) in [6.07, 6.45) is 5.09. The number of methoxy groups -OCH3 is 1. The fourth-order valence-corrected chi connectivity index (χ4v) is 7.76. The smallest absolute Gasteiger partial charge is 0.409 e. The summed E-state index contributed by atoms with van der Waals surface area (Å²) in [5.74, 6) is 1.39. The van der Waals surface area contributed by atoms with Crippen molar-refractivity contribution in [3.63, 3.8) is 0 Å². The zero-order chi connectivity index (χ0) is 26.6. The third kappa shape index (κ3) is 4.48. The fraction of sp³-hybridized carbons (Fsp3) is 0.621. The molecule has 9 heteroatoms. The molecule has 0 unspecified atom stereocenters. The van der Waals surface area contributed by atoms with Gasteiger partial charge in [0.05, 0.1) is 19.3 Å². The number of halogens is 1. The van der Waals surface area contributed by atoms with Crippen LogP contribution in [0.25, 0.3) is 0 Å². The lowest BCUT2D eigenvalue weighted by molar-refractivity contribution is -0.128. The summed E-state index contributed by atoms with van der Waals surface area (Å²) in [7, 11) is 1.43. The second-order valence-electron chi connectivity index (χ2n) is 11.6. The monoisotopic (exact) mass is 523 g/mol. The molecule has 4 atom stereocenters. The normalized spacial score (nSPS) is 29.0. The molecule has 38 heavy (non-hydrogen) atoms. The third-order valence-corrected chi connectivity index (χ3v) is 9.49. The molecule has 0 spiro atoms. The minimum atomic E-state index is -0.291. The number of nitrogens with zero attached hydrogens (tertiary/aromatic N) is 5. The quantitative estimate of drug-likeness (QED) is 0.608. The lowest BCUT2D eigenvalue weighted by atomic mass is 9.87. The van der Waals surface area contributed by atoms with Crippen LogP contribution in [-0.4, -0.2) is 81.6 Å². The molecule has 0 N–H and O–H groups in total. The number of carbonyl (C=O) groups is 2. The summed E-state index contributed by atoms with van der Waals surface area (Å²) in [5.41, 5.74) is 3.28. The van der Waals surface area contributed by atoms with Gasteiger partial charge in [-0.25, -0.2) is 14.2 Å². The molecule has 6 rings (SSSR count). The van der Waals surface area contributed by atoms with Crippen LogP contribution >= 0.6 is 0 Å². The van der Waals surface area contributed by atoms with Gasteiger partial charge in [-0.2, -0.15) is 0 Å². The van der Waals surface area contributed by atoms with E-state index in [0.29, 0.717) is 43.7 Å². The number of likely N-dealkylation sites (tertiary alicyclic amines) is 1. The van der Waals surface area contributed by atoms with Crippen LogP contribution in [-0.2, 0) is 22.5 Å². The molecule has 0 saturated carbocycles. The Morgan fingerprint density at radius 2 is 1.87 bits per heavy atom. The van der Waals surface area contributed by atoms with Crippen molar-refractivity contribution in [3.8, 4) is 0 Å². The molecule has 204 valence electrons. The summed E-state index contributed by atoms with van der Waals surface area (Å²) in [4.78, 5) is 35.6. The number of hydrogen-bond acceptors (Lipinski definition) is 5. The molecule has 3 saturated heterocycles. The second kappa shape index (κ2) is 9.98. The van der Waals surface area contributed by atoms with E-state index in [-0.39, 0.29) is 23.7 Å². The first-order chi connectivity index (χ1) is 18.3. The van der Waals surface area contributed by atoms with Crippen molar-refractivity contribution in [1.82, 2.24) is 24.3 Å². The highest BCUT2D eigenvalue weighted by Gasteiger charge is 2.45. The predicted octanol–water partition coefficient (Wildman–Crippen LogP) is 3.89. The van der Waals surface area contributed by atoms with Crippen LogP contribution in [0, 0.1) is 18.7 Å². The molecule has 2 bridgehead atoms. The molecule has 2 aromatic rings. The average Bonchev–Trinajstić information content (AvgIpc) is 3.54. The van der Waals surface area contributed by atoms with Gasteiger partial charge in [0.25, 0.3) is 0 Å². The van der Waals surface area contributed by atoms with E-state index < -0.39 is 0 Å². The Kier molecular flexibility index (Phi) is 6.66. The Bertz CT molecular complexity index is 1220. The first-order valence-electron chi connectivity index (χ1n) is 14.0. The summed E-state index contributed by atoms with van der Waals surface area (Å²) in [5, 5.41) is 0. The van der Waals surface area contributed by atoms with E-state index in [0.717, 1.165) is 49.4 Å². The average molecular weight is 524 g/mol. The topological polar surface area (TPSA) is 70.9 Å². The van der Waals surface area contributed by atoms with E-state index in [1.165, 1.54) is 31.7 Å². The van der Waals surface area contributed by atoms with Crippen molar-refractivity contribution in [3.05, 3.63) is 52.9 Å². The van der Waals surface area contributed by atoms with Crippen LogP contribution in [0.4, 0.5) is 9.18 Å². The van der Waals surface area contributed by atoms with Crippen LogP contribution in [0.15, 0.2) is 24.3 Å². The van der Waals surface area contributed by atoms with E-state index in [4.69, 9.17) is 9.72 Å². The van der Waals surface area contributed by atoms with Gasteiger partial charge in [-0.1, -0.05) is 12.1 Å². The lowest BCUT2D eigenvalue weighted by Crippen LogP contribution is -2.47. The van der Waals surface area contributed by atoms with Gasteiger partial charge in [0.1, 0.15) is 11.6 Å². The molecule has 2 amide bonds. The molecule has 0 aliphatic carbocycles. The summed E-state index contributed by atoms with van der Waals surface area (Å²) < 4.78 is 21.5. The Balaban J connectivity index is 1.18. The number of imidazole rings is 1. The maximum absolute atomic E-state index is 14.1. The van der Waals surface area contributed by atoms with Gasteiger partial charge >= 0.3 is 6.09 Å². The highest BCUT2D eigenvalue weighted by atomic mass is 19.1. The van der Waals surface area contributed by atoms with E-state index in [1.54, 1.807) is 24.0 Å². The fourth-order valence-electron chi connectivity index (χ4n) is 7.76. The molecule has 3 fully saturated rings. The first kappa shape index (κ1) is 25.3. The zero-order valence-corrected chi connectivity index (χ0v) is 22.6. The molecule has 5 heterocycles. The molecular weight excluding hydrogens is 485 g/mol. The van der Waals surface area contributed by atoms with Crippen molar-refractivity contribution in [2.24, 2.45) is 5.92 Å². The standard InChI is InChI=1S/C29H38FN5O3/c1-18-31-27-17-32(29(37)38-3)10-9-28(27)35(18)25-12-23-7-8-24(13-25)34(23)15-21-14-33(19(2)36)16-26(21)20-5-4-6-22(30)11-20/h4-6,11,21,23-26H,7-10,12-17H2,1-3H3/t21-,23+,24+,26-/m1/s1. The van der Waals surface area contributed by atoms with Crippen LogP contribution in [0.1, 0.15) is 67.3 Å². The van der Waals surface area contributed by atoms with Crippen LogP contribution in [0.2, 0.25) is 0 Å². The van der Waals surface area contributed by atoms with Crippen molar-refractivity contribution < 1.29 is 18.7 Å². The van der Waals surface area contributed by atoms with Crippen LogP contribution in [0.5, 0.6) is 0 Å². The van der Waals surface area contributed by atoms with Gasteiger partial charge in [0.2, 0.25) is 5.91 Å². The van der Waals surface area contributed by atoms with E-state index in [2.05, 4.69) is 16.4 Å². The van der Waals surface area contributed by atoms with Crippen molar-refractivity contribution >= 4 is 12.0 Å². The maximum Gasteiger partial charge on any atom is 0.409 e. The van der Waals surface area contributed by atoms with E-state index in [9.17, 15) is 14.0 Å². The Labute approximate surface area is 223 Å². The molecule has 4 aliphatic heterocycles. The lowest BCUT2D eigenvalue weighted by Gasteiger charge is -2.42. The van der Waals surface area contributed by atoms with Crippen LogP contribution in [0.3, 0.4) is 0 Å². The Hall–Kier alpha value is -2.94. The van der Waals surface area contributed by atoms with Gasteiger partial charge in [-0.05, 0) is 56.2 Å². The van der Waals surface area contributed by atoms with Crippen LogP contribution < -0.4 is 0 Å². The highest BCUT2D eigenvalue weighted by Crippen LogP contribution is 2.44. The third-order valence-electron chi connectivity index (χ3n) is 9.49. The number of fused-ring (bicyclic) bond motifs is 3. The van der Waals surface area contributed by atoms with Gasteiger partial charge in [-0.15, -0.1) is 0 Å². The largest absolute Gasteiger partial charge is 0.453 e. The summed E-state index contributed by atoms with van der Waals surface area (Å²) >= 11 is 0. The number of aromatic nitrogens is 2. The van der Waals surface area contributed by atoms with E-state index in [1.807, 2.05) is 11.0 Å². The molecule has 1 aromatic carbocycles. The maximum atomic E-state index is 14.1. The number of aryl methyl sites for hydroxylation is 1. The number of amides is 2. The minimum Gasteiger partial charge on any atom is -0.453 e. The Morgan fingerprint density at radius 3 is 2.55 bits per heavy atom. The van der Waals surface area contributed by atoms with E-state index >= 15 is 0 Å². The number of hydrogen-bond donors (Lipinski definition) is 0. The van der Waals surface area contributed by atoms with Crippen molar-refractivity contribution in [2.45, 2.75) is 76.5 Å².